The zero-order valence-corrected chi connectivity index (χ0v) is 19.7. The molecule has 0 N–H and O–H groups in total. The molecule has 7 rings (SSSR count). The van der Waals surface area contributed by atoms with E-state index >= 15 is 4.57 Å². The lowest BCUT2D eigenvalue weighted by atomic mass is 10.1. The van der Waals surface area contributed by atoms with Crippen molar-refractivity contribution >= 4 is 57.4 Å². The summed E-state index contributed by atoms with van der Waals surface area (Å²) in [6.45, 7) is 0. The predicted octanol–water partition coefficient (Wildman–Crippen LogP) is 8.39. The van der Waals surface area contributed by atoms with E-state index in [1.54, 1.807) is 0 Å². The molecule has 1 unspecified atom stereocenters. The van der Waals surface area contributed by atoms with Crippen LogP contribution in [0.15, 0.2) is 132 Å². The number of fused-ring (bicyclic) bond motifs is 4. The first-order valence-corrected chi connectivity index (χ1v) is 13.2. The minimum Gasteiger partial charge on any atom is -0.456 e. The number of hydrogen-bond donors (Lipinski definition) is 0. The Kier molecular flexibility index (Phi) is 4.39. The Morgan fingerprint density at radius 2 is 1.09 bits per heavy atom. The summed E-state index contributed by atoms with van der Waals surface area (Å²) in [6.07, 6.45) is 0. The molecule has 1 aliphatic heterocycles. The van der Waals surface area contributed by atoms with Gasteiger partial charge in [0.2, 0.25) is 0 Å². The monoisotopic (exact) mass is 472 g/mol. The number of para-hydroxylation sites is 4. The zero-order chi connectivity index (χ0) is 23.4. The lowest BCUT2D eigenvalue weighted by Gasteiger charge is -2.33. The first-order valence-electron chi connectivity index (χ1n) is 11.6. The Morgan fingerprint density at radius 1 is 0.514 bits per heavy atom. The summed E-state index contributed by atoms with van der Waals surface area (Å²) in [7, 11) is -3.40. The van der Waals surface area contributed by atoms with E-state index in [1.807, 2.05) is 125 Å². The number of benzene rings is 5. The van der Waals surface area contributed by atoms with E-state index in [1.165, 1.54) is 0 Å². The van der Waals surface area contributed by atoms with Crippen LogP contribution in [0.2, 0.25) is 0 Å². The van der Waals surface area contributed by atoms with Gasteiger partial charge in [-0.15, -0.1) is 0 Å². The Labute approximate surface area is 203 Å². The van der Waals surface area contributed by atoms with Gasteiger partial charge in [-0.2, -0.15) is 0 Å². The summed E-state index contributed by atoms with van der Waals surface area (Å²) in [6, 6.07) is 41.9. The summed E-state index contributed by atoms with van der Waals surface area (Å²) in [5.41, 5.74) is 5.16. The molecule has 0 spiro atoms. The second kappa shape index (κ2) is 7.63. The van der Waals surface area contributed by atoms with E-state index in [9.17, 15) is 0 Å². The van der Waals surface area contributed by atoms with E-state index < -0.39 is 7.44 Å². The molecule has 0 amide bonds. The van der Waals surface area contributed by atoms with Crippen LogP contribution in [-0.2, 0) is 4.57 Å². The van der Waals surface area contributed by atoms with Crippen LogP contribution in [0.25, 0.3) is 21.9 Å². The maximum atomic E-state index is 15.7. The predicted molar refractivity (Wildman–Crippen MR) is 145 cm³/mol. The van der Waals surface area contributed by atoms with Crippen molar-refractivity contribution in [3.05, 3.63) is 127 Å². The van der Waals surface area contributed by atoms with E-state index in [0.717, 1.165) is 50.0 Å². The highest BCUT2D eigenvalue weighted by molar-refractivity contribution is 7.76. The van der Waals surface area contributed by atoms with Crippen molar-refractivity contribution in [1.82, 2.24) is 0 Å². The molecular formula is C30H21N2O2P. The van der Waals surface area contributed by atoms with Crippen molar-refractivity contribution in [2.45, 2.75) is 0 Å². The number of hydrogen-bond acceptors (Lipinski definition) is 2. The molecule has 35 heavy (non-hydrogen) atoms. The van der Waals surface area contributed by atoms with Gasteiger partial charge in [0.15, 0.2) is 0 Å². The summed E-state index contributed by atoms with van der Waals surface area (Å²) in [4.78, 5) is 0. The van der Waals surface area contributed by atoms with Gasteiger partial charge in [0.1, 0.15) is 11.2 Å². The smallest absolute Gasteiger partial charge is 0.301 e. The highest BCUT2D eigenvalue weighted by Gasteiger charge is 2.49. The quantitative estimate of drug-likeness (QED) is 0.242. The van der Waals surface area contributed by atoms with Crippen LogP contribution in [0.4, 0.5) is 22.7 Å². The third-order valence-electron chi connectivity index (χ3n) is 6.58. The average Bonchev–Trinajstić information content (AvgIpc) is 3.43. The second-order valence-electron chi connectivity index (χ2n) is 8.58. The number of rotatable bonds is 3. The van der Waals surface area contributed by atoms with Crippen LogP contribution in [0.3, 0.4) is 0 Å². The fraction of sp³-hybridized carbons (Fsp3) is 0. The van der Waals surface area contributed by atoms with E-state index in [4.69, 9.17) is 4.42 Å². The van der Waals surface area contributed by atoms with Gasteiger partial charge in [-0.1, -0.05) is 72.8 Å². The molecule has 5 heteroatoms. The van der Waals surface area contributed by atoms with Crippen LogP contribution < -0.4 is 14.6 Å². The molecule has 0 bridgehead atoms. The van der Waals surface area contributed by atoms with Gasteiger partial charge < -0.3 is 4.42 Å². The van der Waals surface area contributed by atoms with Crippen molar-refractivity contribution < 1.29 is 8.98 Å². The van der Waals surface area contributed by atoms with Gasteiger partial charge >= 0.3 is 7.44 Å². The lowest BCUT2D eigenvalue weighted by molar-refractivity contribution is 0.582. The first-order chi connectivity index (χ1) is 17.3. The second-order valence-corrected chi connectivity index (χ2v) is 11.0. The van der Waals surface area contributed by atoms with E-state index in [-0.39, 0.29) is 0 Å². The van der Waals surface area contributed by atoms with Crippen LogP contribution in [-0.4, -0.2) is 0 Å². The largest absolute Gasteiger partial charge is 0.456 e. The molecule has 4 nitrogen and oxygen atoms in total. The standard InChI is InChI=1S/C30H21N2O2P/c33-35(23-14-5-2-6-15-23)31(22-12-3-1-4-13-22)25-17-8-9-18-26(25)32(35)27-19-11-21-29-30(27)24-16-7-10-20-28(24)34-29/h1-21H. The fourth-order valence-electron chi connectivity index (χ4n) is 5.13. The highest BCUT2D eigenvalue weighted by atomic mass is 31.2. The molecule has 1 atom stereocenters. The van der Waals surface area contributed by atoms with Crippen LogP contribution >= 0.6 is 7.44 Å². The molecule has 1 aliphatic rings. The summed E-state index contributed by atoms with van der Waals surface area (Å²) >= 11 is 0. The number of anilines is 4. The Bertz CT molecular complexity index is 1740. The molecule has 1 aromatic heterocycles. The van der Waals surface area contributed by atoms with Gasteiger partial charge in [-0.25, -0.2) is 0 Å². The summed E-state index contributed by atoms with van der Waals surface area (Å²) < 4.78 is 25.9. The van der Waals surface area contributed by atoms with Crippen LogP contribution in [0.5, 0.6) is 0 Å². The molecular weight excluding hydrogens is 451 g/mol. The molecule has 0 aliphatic carbocycles. The third kappa shape index (κ3) is 2.84. The lowest BCUT2D eigenvalue weighted by Crippen LogP contribution is -2.26. The molecule has 0 fully saturated rings. The molecule has 6 aromatic rings. The molecule has 0 saturated heterocycles. The molecule has 0 radical (unpaired) electrons. The maximum Gasteiger partial charge on any atom is 0.301 e. The van der Waals surface area contributed by atoms with E-state index in [2.05, 4.69) is 12.1 Å². The van der Waals surface area contributed by atoms with Gasteiger partial charge in [0.05, 0.1) is 27.8 Å². The van der Waals surface area contributed by atoms with Gasteiger partial charge in [-0.3, -0.25) is 13.9 Å². The van der Waals surface area contributed by atoms with Crippen molar-refractivity contribution in [1.29, 1.82) is 0 Å². The third-order valence-corrected chi connectivity index (χ3v) is 9.51. The highest BCUT2D eigenvalue weighted by Crippen LogP contribution is 2.70. The molecule has 168 valence electrons. The normalized spacial score (nSPS) is 17.3. The molecule has 2 heterocycles. The first kappa shape index (κ1) is 20.1. The van der Waals surface area contributed by atoms with Gasteiger partial charge in [0, 0.05) is 11.1 Å². The van der Waals surface area contributed by atoms with Gasteiger partial charge in [0.25, 0.3) is 0 Å². The summed E-state index contributed by atoms with van der Waals surface area (Å²) in [5, 5.41) is 2.74. The molecule has 0 saturated carbocycles. The minimum atomic E-state index is -3.40. The zero-order valence-electron chi connectivity index (χ0n) is 18.8. The SMILES string of the molecule is O=P1(c2ccccc2)N(c2ccccc2)c2ccccc2N1c1cccc2oc3ccccc3c12. The van der Waals surface area contributed by atoms with Crippen molar-refractivity contribution in [2.75, 3.05) is 9.34 Å². The van der Waals surface area contributed by atoms with Crippen molar-refractivity contribution in [3.63, 3.8) is 0 Å². The fourth-order valence-corrected chi connectivity index (χ4v) is 8.16. The summed E-state index contributed by atoms with van der Waals surface area (Å²) in [5.74, 6) is 0. The van der Waals surface area contributed by atoms with Crippen molar-refractivity contribution in [3.8, 4) is 0 Å². The Balaban J connectivity index is 1.61. The maximum absolute atomic E-state index is 15.7. The number of furan rings is 1. The number of nitrogens with zero attached hydrogens (tertiary/aromatic N) is 2. The minimum absolute atomic E-state index is 0.768. The van der Waals surface area contributed by atoms with E-state index in [0.29, 0.717) is 0 Å². The Hall–Kier alpha value is -4.27. The average molecular weight is 472 g/mol. The van der Waals surface area contributed by atoms with Crippen LogP contribution in [0.1, 0.15) is 0 Å². The Morgan fingerprint density at radius 3 is 1.86 bits per heavy atom. The van der Waals surface area contributed by atoms with Crippen molar-refractivity contribution in [2.24, 2.45) is 0 Å². The molecule has 5 aromatic carbocycles. The van der Waals surface area contributed by atoms with Crippen LogP contribution in [0, 0.1) is 0 Å². The van der Waals surface area contributed by atoms with Gasteiger partial charge in [-0.05, 0) is 54.6 Å². The topological polar surface area (TPSA) is 36.7 Å².